The molecule has 0 aliphatic heterocycles. The molecule has 0 radical (unpaired) electrons. The molecule has 0 saturated heterocycles. The molecule has 0 aliphatic carbocycles. The van der Waals surface area contributed by atoms with Gasteiger partial charge in [0.25, 0.3) is 0 Å². The Labute approximate surface area is 108 Å². The maximum Gasteiger partial charge on any atom is 0.221 e. The molecule has 0 fully saturated rings. The first-order chi connectivity index (χ1) is 8.04. The second kappa shape index (κ2) is 6.44. The van der Waals surface area contributed by atoms with Crippen molar-refractivity contribution in [3.63, 3.8) is 0 Å². The highest BCUT2D eigenvalue weighted by atomic mass is 79.9. The molecule has 0 saturated carbocycles. The first-order valence-corrected chi connectivity index (χ1v) is 6.09. The third-order valence-electron chi connectivity index (χ3n) is 2.13. The second-order valence-corrected chi connectivity index (χ2v) is 4.34. The minimum absolute atomic E-state index is 0.0280. The third kappa shape index (κ3) is 4.22. The number of rotatable bonds is 5. The van der Waals surface area contributed by atoms with Gasteiger partial charge in [-0.25, -0.2) is 4.39 Å². The molecular formula is C11H15BrFN3O. The number of nitrogens with two attached hydrogens (primary N) is 1. The zero-order valence-electron chi connectivity index (χ0n) is 9.52. The SMILES string of the molecule is CCNC(=O)CCNc1cc(Br)c(F)cc1N. The Morgan fingerprint density at radius 1 is 1.53 bits per heavy atom. The van der Waals surface area contributed by atoms with Crippen molar-refractivity contribution >= 4 is 33.2 Å². The Bertz CT molecular complexity index is 412. The molecule has 0 aliphatic rings. The van der Waals surface area contributed by atoms with Crippen LogP contribution in [-0.2, 0) is 4.79 Å². The number of nitrogens with one attached hydrogen (secondary N) is 2. The Hall–Kier alpha value is -1.30. The average molecular weight is 304 g/mol. The number of carbonyl (C=O) groups excluding carboxylic acids is 1. The lowest BCUT2D eigenvalue weighted by atomic mass is 10.2. The normalized spacial score (nSPS) is 10.1. The molecule has 0 heterocycles. The number of amides is 1. The van der Waals surface area contributed by atoms with Crippen molar-refractivity contribution in [3.05, 3.63) is 22.4 Å². The highest BCUT2D eigenvalue weighted by Gasteiger charge is 2.06. The molecule has 4 N–H and O–H groups in total. The summed E-state index contributed by atoms with van der Waals surface area (Å²) in [6.07, 6.45) is 0.349. The first-order valence-electron chi connectivity index (χ1n) is 5.29. The van der Waals surface area contributed by atoms with Gasteiger partial charge in [-0.2, -0.15) is 0 Å². The average Bonchev–Trinajstić information content (AvgIpc) is 2.26. The summed E-state index contributed by atoms with van der Waals surface area (Å²) >= 11 is 3.08. The third-order valence-corrected chi connectivity index (χ3v) is 2.74. The molecule has 94 valence electrons. The van der Waals surface area contributed by atoms with Gasteiger partial charge in [0.05, 0.1) is 15.8 Å². The van der Waals surface area contributed by atoms with Gasteiger partial charge < -0.3 is 16.4 Å². The molecule has 4 nitrogen and oxygen atoms in total. The quantitative estimate of drug-likeness (QED) is 0.730. The van der Waals surface area contributed by atoms with Crippen LogP contribution in [0.1, 0.15) is 13.3 Å². The predicted octanol–water partition coefficient (Wildman–Crippen LogP) is 2.11. The number of hydrogen-bond acceptors (Lipinski definition) is 3. The van der Waals surface area contributed by atoms with Crippen molar-refractivity contribution in [2.45, 2.75) is 13.3 Å². The molecule has 17 heavy (non-hydrogen) atoms. The Kier molecular flexibility index (Phi) is 5.21. The number of benzene rings is 1. The van der Waals surface area contributed by atoms with Crippen LogP contribution >= 0.6 is 15.9 Å². The topological polar surface area (TPSA) is 67.2 Å². The van der Waals surface area contributed by atoms with Crippen LogP contribution in [0, 0.1) is 5.82 Å². The van der Waals surface area contributed by atoms with Crippen LogP contribution in [-0.4, -0.2) is 19.0 Å². The smallest absolute Gasteiger partial charge is 0.221 e. The largest absolute Gasteiger partial charge is 0.397 e. The molecule has 1 aromatic carbocycles. The van der Waals surface area contributed by atoms with E-state index in [-0.39, 0.29) is 5.91 Å². The molecule has 1 rings (SSSR count). The minimum Gasteiger partial charge on any atom is -0.397 e. The van der Waals surface area contributed by atoms with Gasteiger partial charge in [-0.3, -0.25) is 4.79 Å². The maximum atomic E-state index is 13.1. The van der Waals surface area contributed by atoms with Gasteiger partial charge in [-0.15, -0.1) is 0 Å². The van der Waals surface area contributed by atoms with E-state index in [0.717, 1.165) is 0 Å². The summed E-state index contributed by atoms with van der Waals surface area (Å²) in [6, 6.07) is 2.79. The fourth-order valence-corrected chi connectivity index (χ4v) is 1.65. The highest BCUT2D eigenvalue weighted by Crippen LogP contribution is 2.26. The van der Waals surface area contributed by atoms with E-state index in [1.165, 1.54) is 6.07 Å². The van der Waals surface area contributed by atoms with Gasteiger partial charge in [0.2, 0.25) is 5.91 Å². The molecule has 0 spiro atoms. The monoisotopic (exact) mass is 303 g/mol. The predicted molar refractivity (Wildman–Crippen MR) is 70.3 cm³/mol. The minimum atomic E-state index is -0.406. The zero-order chi connectivity index (χ0) is 12.8. The number of nitrogen functional groups attached to an aromatic ring is 1. The lowest BCUT2D eigenvalue weighted by Crippen LogP contribution is -2.24. The van der Waals surface area contributed by atoms with E-state index >= 15 is 0 Å². The summed E-state index contributed by atoms with van der Waals surface area (Å²) < 4.78 is 13.4. The highest BCUT2D eigenvalue weighted by molar-refractivity contribution is 9.10. The van der Waals surface area contributed by atoms with Crippen molar-refractivity contribution in [2.24, 2.45) is 0 Å². The Balaban J connectivity index is 2.52. The van der Waals surface area contributed by atoms with Crippen molar-refractivity contribution in [1.82, 2.24) is 5.32 Å². The van der Waals surface area contributed by atoms with E-state index in [9.17, 15) is 9.18 Å². The van der Waals surface area contributed by atoms with Crippen LogP contribution in [0.5, 0.6) is 0 Å². The number of anilines is 2. The van der Waals surface area contributed by atoms with Gasteiger partial charge in [-0.05, 0) is 28.9 Å². The molecule has 0 bridgehead atoms. The van der Waals surface area contributed by atoms with Crippen LogP contribution < -0.4 is 16.4 Å². The van der Waals surface area contributed by atoms with Crippen molar-refractivity contribution in [2.75, 3.05) is 24.1 Å². The molecule has 6 heteroatoms. The van der Waals surface area contributed by atoms with Crippen LogP contribution in [0.25, 0.3) is 0 Å². The lowest BCUT2D eigenvalue weighted by Gasteiger charge is -2.10. The molecular weight excluding hydrogens is 289 g/mol. The van der Waals surface area contributed by atoms with Gasteiger partial charge in [0.15, 0.2) is 0 Å². The zero-order valence-corrected chi connectivity index (χ0v) is 11.1. The fraction of sp³-hybridized carbons (Fsp3) is 0.364. The van der Waals surface area contributed by atoms with Crippen molar-refractivity contribution in [1.29, 1.82) is 0 Å². The molecule has 0 unspecified atom stereocenters. The Morgan fingerprint density at radius 3 is 2.88 bits per heavy atom. The van der Waals surface area contributed by atoms with E-state index in [4.69, 9.17) is 5.73 Å². The van der Waals surface area contributed by atoms with Gasteiger partial charge in [-0.1, -0.05) is 0 Å². The summed E-state index contributed by atoms with van der Waals surface area (Å²) in [5.74, 6) is -0.434. The Morgan fingerprint density at radius 2 is 2.24 bits per heavy atom. The van der Waals surface area contributed by atoms with Crippen LogP contribution in [0.15, 0.2) is 16.6 Å². The van der Waals surface area contributed by atoms with Crippen molar-refractivity contribution in [3.8, 4) is 0 Å². The summed E-state index contributed by atoms with van der Waals surface area (Å²) in [5, 5.41) is 5.68. The van der Waals surface area contributed by atoms with Crippen molar-refractivity contribution < 1.29 is 9.18 Å². The van der Waals surface area contributed by atoms with Crippen LogP contribution in [0.2, 0.25) is 0 Å². The van der Waals surface area contributed by atoms with E-state index in [0.29, 0.717) is 35.4 Å². The van der Waals surface area contributed by atoms with Gasteiger partial charge in [0, 0.05) is 25.6 Å². The molecule has 1 amide bonds. The van der Waals surface area contributed by atoms with Crippen LogP contribution in [0.3, 0.4) is 0 Å². The molecule has 0 aromatic heterocycles. The number of halogens is 2. The van der Waals surface area contributed by atoms with E-state index < -0.39 is 5.82 Å². The number of carbonyl (C=O) groups is 1. The van der Waals surface area contributed by atoms with Gasteiger partial charge in [0.1, 0.15) is 5.82 Å². The standard InChI is InChI=1S/C11H15BrFN3O/c1-2-15-11(17)3-4-16-10-5-7(12)8(13)6-9(10)14/h5-6,16H,2-4,14H2,1H3,(H,15,17). The van der Waals surface area contributed by atoms with E-state index in [1.54, 1.807) is 6.07 Å². The molecule has 0 atom stereocenters. The second-order valence-electron chi connectivity index (χ2n) is 3.48. The lowest BCUT2D eigenvalue weighted by molar-refractivity contribution is -0.120. The fourth-order valence-electron chi connectivity index (χ4n) is 1.31. The summed E-state index contributed by atoms with van der Waals surface area (Å²) in [7, 11) is 0. The van der Waals surface area contributed by atoms with E-state index in [2.05, 4.69) is 26.6 Å². The summed E-state index contributed by atoms with van der Waals surface area (Å²) in [5.41, 5.74) is 6.58. The number of hydrogen-bond donors (Lipinski definition) is 3. The maximum absolute atomic E-state index is 13.1. The summed E-state index contributed by atoms with van der Waals surface area (Å²) in [4.78, 5) is 11.2. The summed E-state index contributed by atoms with van der Waals surface area (Å²) in [6.45, 7) is 2.93. The molecule has 1 aromatic rings. The first kappa shape index (κ1) is 13.8. The van der Waals surface area contributed by atoms with Gasteiger partial charge >= 0.3 is 0 Å². The van der Waals surface area contributed by atoms with E-state index in [1.807, 2.05) is 6.92 Å². The van der Waals surface area contributed by atoms with Crippen LogP contribution in [0.4, 0.5) is 15.8 Å².